The lowest BCUT2D eigenvalue weighted by Gasteiger charge is -2.10. The summed E-state index contributed by atoms with van der Waals surface area (Å²) in [6, 6.07) is 10.1. The van der Waals surface area contributed by atoms with E-state index in [4.69, 9.17) is 21.1 Å². The minimum Gasteiger partial charge on any atom is -0.506 e. The van der Waals surface area contributed by atoms with Crippen LogP contribution in [0.2, 0.25) is 5.02 Å². The van der Waals surface area contributed by atoms with Crippen molar-refractivity contribution in [2.45, 2.75) is 6.92 Å². The maximum absolute atomic E-state index is 11.8. The molecule has 0 saturated heterocycles. The molecule has 1 amide bonds. The van der Waals surface area contributed by atoms with Crippen LogP contribution in [0.15, 0.2) is 46.0 Å². The molecule has 0 atom stereocenters. The van der Waals surface area contributed by atoms with E-state index in [1.807, 2.05) is 13.0 Å². The molecule has 0 unspecified atom stereocenters. The van der Waals surface area contributed by atoms with E-state index in [9.17, 15) is 9.90 Å². The predicted octanol–water partition coefficient (Wildman–Crippen LogP) is 3.74. The first kappa shape index (κ1) is 19.1. The highest BCUT2D eigenvalue weighted by Crippen LogP contribution is 2.30. The van der Waals surface area contributed by atoms with E-state index >= 15 is 0 Å². The number of hydrogen-bond acceptors (Lipinski definition) is 5. The normalized spacial score (nSPS) is 10.7. The zero-order valence-corrected chi connectivity index (χ0v) is 15.7. The Bertz CT molecular complexity index is 783. The van der Waals surface area contributed by atoms with Crippen molar-refractivity contribution in [3.05, 3.63) is 51.5 Å². The minimum absolute atomic E-state index is 0.0238. The first-order valence-electron chi connectivity index (χ1n) is 7.35. The number of hydrazone groups is 1. The zero-order valence-electron chi connectivity index (χ0n) is 13.3. The molecule has 0 heterocycles. The Kier molecular flexibility index (Phi) is 7.09. The molecule has 0 aromatic heterocycles. The number of carbonyl (C=O) groups is 1. The van der Waals surface area contributed by atoms with Crippen LogP contribution in [0.4, 0.5) is 0 Å². The number of phenols is 1. The van der Waals surface area contributed by atoms with E-state index < -0.39 is 5.91 Å². The van der Waals surface area contributed by atoms with E-state index in [0.717, 1.165) is 0 Å². The quantitative estimate of drug-likeness (QED) is 0.521. The van der Waals surface area contributed by atoms with Gasteiger partial charge in [0.05, 0.1) is 17.3 Å². The van der Waals surface area contributed by atoms with Gasteiger partial charge in [-0.15, -0.1) is 0 Å². The van der Waals surface area contributed by atoms with Gasteiger partial charge in [0.25, 0.3) is 5.91 Å². The van der Waals surface area contributed by atoms with Crippen molar-refractivity contribution in [3.63, 3.8) is 0 Å². The fraction of sp³-hybridized carbons (Fsp3) is 0.176. The van der Waals surface area contributed by atoms with Gasteiger partial charge in [0.1, 0.15) is 5.75 Å². The largest absolute Gasteiger partial charge is 0.506 e. The molecule has 0 aliphatic heterocycles. The summed E-state index contributed by atoms with van der Waals surface area (Å²) in [5.41, 5.74) is 2.68. The summed E-state index contributed by atoms with van der Waals surface area (Å²) in [5.74, 6) is 0.558. The summed E-state index contributed by atoms with van der Waals surface area (Å²) in [7, 11) is 0. The van der Waals surface area contributed by atoms with Gasteiger partial charge in [-0.25, -0.2) is 5.43 Å². The SMILES string of the molecule is CCOc1ccccc1OCC(=O)N/N=C\c1cc(Cl)cc(Br)c1O. The van der Waals surface area contributed by atoms with E-state index in [2.05, 4.69) is 26.5 Å². The Labute approximate surface area is 158 Å². The standard InChI is InChI=1S/C17H16BrClN2O4/c1-2-24-14-5-3-4-6-15(14)25-10-16(22)21-20-9-11-7-12(19)8-13(18)17(11)23/h3-9,23H,2,10H2,1H3,(H,21,22)/b20-9-. The number of carbonyl (C=O) groups excluding carboxylic acids is 1. The molecule has 2 aromatic rings. The maximum Gasteiger partial charge on any atom is 0.277 e. The van der Waals surface area contributed by atoms with Gasteiger partial charge in [0.2, 0.25) is 0 Å². The molecule has 2 N–H and O–H groups in total. The molecule has 0 fully saturated rings. The van der Waals surface area contributed by atoms with Crippen molar-refractivity contribution >= 4 is 39.7 Å². The number of phenolic OH excluding ortho intramolecular Hbond substituents is 1. The van der Waals surface area contributed by atoms with Crippen LogP contribution in [0.25, 0.3) is 0 Å². The van der Waals surface area contributed by atoms with Crippen LogP contribution >= 0.6 is 27.5 Å². The van der Waals surface area contributed by atoms with Crippen molar-refractivity contribution in [2.24, 2.45) is 5.10 Å². The minimum atomic E-state index is -0.455. The number of nitrogens with one attached hydrogen (secondary N) is 1. The van der Waals surface area contributed by atoms with E-state index in [1.165, 1.54) is 12.3 Å². The molecule has 8 heteroatoms. The van der Waals surface area contributed by atoms with E-state index in [1.54, 1.807) is 24.3 Å². The second-order valence-corrected chi connectivity index (χ2v) is 6.08. The third-order valence-electron chi connectivity index (χ3n) is 2.96. The summed E-state index contributed by atoms with van der Waals surface area (Å²) in [6.45, 7) is 2.13. The number of amides is 1. The highest BCUT2D eigenvalue weighted by Gasteiger charge is 2.08. The molecule has 2 aromatic carbocycles. The summed E-state index contributed by atoms with van der Waals surface area (Å²) in [4.78, 5) is 11.8. The molecule has 0 bridgehead atoms. The van der Waals surface area contributed by atoms with Gasteiger partial charge in [0, 0.05) is 10.6 Å². The smallest absolute Gasteiger partial charge is 0.277 e. The van der Waals surface area contributed by atoms with Crippen LogP contribution in [-0.2, 0) is 4.79 Å². The number of aromatic hydroxyl groups is 1. The predicted molar refractivity (Wildman–Crippen MR) is 99.7 cm³/mol. The first-order chi connectivity index (χ1) is 12.0. The molecular formula is C17H16BrClN2O4. The molecule has 132 valence electrons. The Morgan fingerprint density at radius 3 is 2.68 bits per heavy atom. The monoisotopic (exact) mass is 426 g/mol. The Balaban J connectivity index is 1.91. The summed E-state index contributed by atoms with van der Waals surface area (Å²) in [5, 5.41) is 14.1. The van der Waals surface area contributed by atoms with Crippen molar-refractivity contribution in [3.8, 4) is 17.2 Å². The van der Waals surface area contributed by atoms with Gasteiger partial charge in [-0.1, -0.05) is 23.7 Å². The van der Waals surface area contributed by atoms with Gasteiger partial charge >= 0.3 is 0 Å². The highest BCUT2D eigenvalue weighted by molar-refractivity contribution is 9.10. The number of ether oxygens (including phenoxy) is 2. The van der Waals surface area contributed by atoms with Crippen LogP contribution < -0.4 is 14.9 Å². The summed E-state index contributed by atoms with van der Waals surface area (Å²) in [6.07, 6.45) is 1.29. The van der Waals surface area contributed by atoms with Crippen LogP contribution in [-0.4, -0.2) is 30.4 Å². The number of para-hydroxylation sites is 2. The van der Waals surface area contributed by atoms with Gasteiger partial charge < -0.3 is 14.6 Å². The van der Waals surface area contributed by atoms with Crippen molar-refractivity contribution in [1.82, 2.24) is 5.43 Å². The fourth-order valence-corrected chi connectivity index (χ4v) is 2.71. The number of nitrogens with zero attached hydrogens (tertiary/aromatic N) is 1. The third-order valence-corrected chi connectivity index (χ3v) is 3.78. The number of rotatable bonds is 7. The van der Waals surface area contributed by atoms with Crippen molar-refractivity contribution < 1.29 is 19.4 Å². The van der Waals surface area contributed by atoms with Crippen LogP contribution in [0.3, 0.4) is 0 Å². The Hall–Kier alpha value is -2.25. The Morgan fingerprint density at radius 2 is 2.00 bits per heavy atom. The lowest BCUT2D eigenvalue weighted by molar-refractivity contribution is -0.123. The average Bonchev–Trinajstić information content (AvgIpc) is 2.58. The van der Waals surface area contributed by atoms with Crippen LogP contribution in [0.1, 0.15) is 12.5 Å². The highest BCUT2D eigenvalue weighted by atomic mass is 79.9. The molecular weight excluding hydrogens is 412 g/mol. The van der Waals surface area contributed by atoms with Gasteiger partial charge in [-0.2, -0.15) is 5.10 Å². The number of benzene rings is 2. The van der Waals surface area contributed by atoms with Gasteiger partial charge in [-0.05, 0) is 47.1 Å². The van der Waals surface area contributed by atoms with Crippen LogP contribution in [0, 0.1) is 0 Å². The summed E-state index contributed by atoms with van der Waals surface area (Å²) >= 11 is 9.07. The second kappa shape index (κ2) is 9.29. The number of halogens is 2. The lowest BCUT2D eigenvalue weighted by atomic mass is 10.2. The van der Waals surface area contributed by atoms with Crippen molar-refractivity contribution in [2.75, 3.05) is 13.2 Å². The molecule has 0 aliphatic rings. The zero-order chi connectivity index (χ0) is 18.2. The molecule has 2 rings (SSSR count). The maximum atomic E-state index is 11.8. The molecule has 0 aliphatic carbocycles. The first-order valence-corrected chi connectivity index (χ1v) is 8.53. The molecule has 0 spiro atoms. The molecule has 0 saturated carbocycles. The lowest BCUT2D eigenvalue weighted by Crippen LogP contribution is -2.24. The fourth-order valence-electron chi connectivity index (χ4n) is 1.88. The van der Waals surface area contributed by atoms with Gasteiger partial charge in [-0.3, -0.25) is 4.79 Å². The van der Waals surface area contributed by atoms with Crippen molar-refractivity contribution in [1.29, 1.82) is 0 Å². The van der Waals surface area contributed by atoms with Crippen LogP contribution in [0.5, 0.6) is 17.2 Å². The topological polar surface area (TPSA) is 80.2 Å². The second-order valence-electron chi connectivity index (χ2n) is 4.79. The Morgan fingerprint density at radius 1 is 1.32 bits per heavy atom. The van der Waals surface area contributed by atoms with E-state index in [-0.39, 0.29) is 12.4 Å². The van der Waals surface area contributed by atoms with E-state index in [0.29, 0.717) is 33.2 Å². The number of hydrogen-bond donors (Lipinski definition) is 2. The molecule has 25 heavy (non-hydrogen) atoms. The molecule has 6 nitrogen and oxygen atoms in total. The van der Waals surface area contributed by atoms with Gasteiger partial charge in [0.15, 0.2) is 18.1 Å². The summed E-state index contributed by atoms with van der Waals surface area (Å²) < 4.78 is 11.3. The average molecular weight is 428 g/mol. The molecule has 0 radical (unpaired) electrons. The third kappa shape index (κ3) is 5.65.